The van der Waals surface area contributed by atoms with Crippen LogP contribution in [-0.2, 0) is 17.8 Å². The van der Waals surface area contributed by atoms with Crippen molar-refractivity contribution in [1.82, 2.24) is 24.8 Å². The molecule has 2 saturated heterocycles. The van der Waals surface area contributed by atoms with Crippen LogP contribution >= 0.6 is 11.8 Å². The number of rotatable bonds is 6. The molecule has 30 heavy (non-hydrogen) atoms. The fourth-order valence-corrected chi connectivity index (χ4v) is 5.01. The van der Waals surface area contributed by atoms with Crippen molar-refractivity contribution >= 4 is 35.3 Å². The van der Waals surface area contributed by atoms with Gasteiger partial charge in [-0.3, -0.25) is 9.69 Å². The molecule has 0 spiro atoms. The summed E-state index contributed by atoms with van der Waals surface area (Å²) < 4.78 is 0. The molecular formula is C21H29N7OS. The van der Waals surface area contributed by atoms with Crippen molar-refractivity contribution in [3.8, 4) is 0 Å². The van der Waals surface area contributed by atoms with Gasteiger partial charge in [0, 0.05) is 30.3 Å². The van der Waals surface area contributed by atoms with Gasteiger partial charge >= 0.3 is 0 Å². The zero-order chi connectivity index (χ0) is 20.9. The van der Waals surface area contributed by atoms with Crippen LogP contribution in [0.2, 0.25) is 0 Å². The van der Waals surface area contributed by atoms with Gasteiger partial charge in [-0.25, -0.2) is 0 Å². The third kappa shape index (κ3) is 4.84. The van der Waals surface area contributed by atoms with Crippen LogP contribution in [0, 0.1) is 0 Å². The van der Waals surface area contributed by atoms with Crippen molar-refractivity contribution in [2.24, 2.45) is 0 Å². The Morgan fingerprint density at radius 2 is 2.00 bits per heavy atom. The molecule has 2 aromatic rings. The predicted octanol–water partition coefficient (Wildman–Crippen LogP) is 2.30. The zero-order valence-corrected chi connectivity index (χ0v) is 18.2. The average molecular weight is 428 g/mol. The van der Waals surface area contributed by atoms with Gasteiger partial charge in [0.1, 0.15) is 5.82 Å². The number of carbonyl (C=O) groups excluding carboxylic acids is 1. The van der Waals surface area contributed by atoms with Crippen LogP contribution in [-0.4, -0.2) is 67.8 Å². The molecule has 3 N–H and O–H groups in total. The third-order valence-electron chi connectivity index (χ3n) is 5.66. The smallest absolute Gasteiger partial charge is 0.239 e. The van der Waals surface area contributed by atoms with E-state index in [0.29, 0.717) is 18.3 Å². The normalized spacial score (nSPS) is 19.8. The highest BCUT2D eigenvalue weighted by Gasteiger charge is 2.34. The van der Waals surface area contributed by atoms with E-state index in [2.05, 4.69) is 38.2 Å². The van der Waals surface area contributed by atoms with E-state index in [-0.39, 0.29) is 17.9 Å². The molecule has 2 fully saturated rings. The summed E-state index contributed by atoms with van der Waals surface area (Å²) in [5.74, 6) is 3.51. The largest absolute Gasteiger partial charge is 0.368 e. The maximum absolute atomic E-state index is 13.0. The summed E-state index contributed by atoms with van der Waals surface area (Å²) in [6.07, 6.45) is 2.80. The average Bonchev–Trinajstić information content (AvgIpc) is 3.22. The van der Waals surface area contributed by atoms with Crippen LogP contribution in [0.3, 0.4) is 0 Å². The van der Waals surface area contributed by atoms with Gasteiger partial charge in [0.05, 0.1) is 12.6 Å². The number of nitrogens with two attached hydrogens (primary N) is 1. The number of thioether (sulfide) groups is 1. The minimum Gasteiger partial charge on any atom is -0.368 e. The molecule has 1 amide bonds. The fraction of sp³-hybridized carbons (Fsp3) is 0.524. The van der Waals surface area contributed by atoms with E-state index < -0.39 is 0 Å². The van der Waals surface area contributed by atoms with Crippen molar-refractivity contribution in [2.75, 3.05) is 42.2 Å². The Bertz CT molecular complexity index is 887. The van der Waals surface area contributed by atoms with E-state index >= 15 is 0 Å². The Kier molecular flexibility index (Phi) is 6.69. The second kappa shape index (κ2) is 9.61. The summed E-state index contributed by atoms with van der Waals surface area (Å²) in [5.41, 5.74) is 8.12. The molecule has 0 aliphatic carbocycles. The second-order valence-corrected chi connectivity index (χ2v) is 8.86. The zero-order valence-electron chi connectivity index (χ0n) is 17.4. The Balaban J connectivity index is 1.48. The first-order valence-corrected chi connectivity index (χ1v) is 11.8. The van der Waals surface area contributed by atoms with Crippen molar-refractivity contribution in [1.29, 1.82) is 0 Å². The van der Waals surface area contributed by atoms with Crippen molar-refractivity contribution in [2.45, 2.75) is 38.8 Å². The highest BCUT2D eigenvalue weighted by atomic mass is 32.2. The number of para-hydroxylation sites is 1. The van der Waals surface area contributed by atoms with Crippen molar-refractivity contribution in [3.05, 3.63) is 35.7 Å². The number of hydrogen-bond donors (Lipinski definition) is 2. The Morgan fingerprint density at radius 1 is 1.20 bits per heavy atom. The molecule has 8 nitrogen and oxygen atoms in total. The van der Waals surface area contributed by atoms with E-state index in [1.54, 1.807) is 0 Å². The number of nitrogens with zero attached hydrogens (tertiary/aromatic N) is 5. The molecule has 0 saturated carbocycles. The standard InChI is InChI=1S/C21H29N7OS/c1-2-15-6-3-4-7-16(15)23-21-25-18(24-20(22)26-21)14-28-9-5-8-17(28)19(29)27-10-12-30-13-11-27/h3-4,6-7,17H,2,5,8-14H2,1H3,(H3,22,23,24,25,26). The number of nitrogen functional groups attached to an aromatic ring is 1. The van der Waals surface area contributed by atoms with Crippen molar-refractivity contribution in [3.63, 3.8) is 0 Å². The van der Waals surface area contributed by atoms with Gasteiger partial charge in [-0.15, -0.1) is 0 Å². The van der Waals surface area contributed by atoms with Crippen LogP contribution in [0.4, 0.5) is 17.6 Å². The van der Waals surface area contributed by atoms with Gasteiger partial charge in [0.15, 0.2) is 0 Å². The molecule has 0 radical (unpaired) electrons. The second-order valence-electron chi connectivity index (χ2n) is 7.64. The molecule has 2 aliphatic heterocycles. The lowest BCUT2D eigenvalue weighted by Crippen LogP contribution is -2.48. The van der Waals surface area contributed by atoms with Crippen LogP contribution < -0.4 is 11.1 Å². The quantitative estimate of drug-likeness (QED) is 0.724. The molecule has 1 aromatic carbocycles. The molecular weight excluding hydrogens is 398 g/mol. The summed E-state index contributed by atoms with van der Waals surface area (Å²) in [6, 6.07) is 7.98. The molecule has 0 bridgehead atoms. The van der Waals surface area contributed by atoms with Crippen molar-refractivity contribution < 1.29 is 4.79 Å². The maximum Gasteiger partial charge on any atom is 0.239 e. The number of benzene rings is 1. The first-order valence-electron chi connectivity index (χ1n) is 10.6. The maximum atomic E-state index is 13.0. The lowest BCUT2D eigenvalue weighted by atomic mass is 10.1. The minimum absolute atomic E-state index is 0.0942. The lowest BCUT2D eigenvalue weighted by molar-refractivity contribution is -0.135. The van der Waals surface area contributed by atoms with Crippen LogP contribution in [0.5, 0.6) is 0 Å². The number of carbonyl (C=O) groups is 1. The van der Waals surface area contributed by atoms with E-state index in [1.807, 2.05) is 34.9 Å². The van der Waals surface area contributed by atoms with E-state index in [4.69, 9.17) is 5.73 Å². The van der Waals surface area contributed by atoms with Gasteiger partial charge in [-0.2, -0.15) is 26.7 Å². The van der Waals surface area contributed by atoms with E-state index in [1.165, 1.54) is 5.56 Å². The van der Waals surface area contributed by atoms with Gasteiger partial charge in [-0.05, 0) is 37.4 Å². The highest BCUT2D eigenvalue weighted by molar-refractivity contribution is 7.99. The number of amides is 1. The summed E-state index contributed by atoms with van der Waals surface area (Å²) in [5, 5.41) is 3.28. The molecule has 4 rings (SSSR count). The molecule has 1 aromatic heterocycles. The number of likely N-dealkylation sites (tertiary alicyclic amines) is 1. The summed E-state index contributed by atoms with van der Waals surface area (Å²) in [6.45, 7) is 5.16. The summed E-state index contributed by atoms with van der Waals surface area (Å²) in [4.78, 5) is 30.4. The van der Waals surface area contributed by atoms with Gasteiger partial charge in [0.2, 0.25) is 17.8 Å². The Morgan fingerprint density at radius 3 is 2.80 bits per heavy atom. The summed E-state index contributed by atoms with van der Waals surface area (Å²) in [7, 11) is 0. The lowest BCUT2D eigenvalue weighted by Gasteiger charge is -2.32. The topological polar surface area (TPSA) is 100 Å². The van der Waals surface area contributed by atoms with Gasteiger partial charge in [0.25, 0.3) is 0 Å². The fourth-order valence-electron chi connectivity index (χ4n) is 4.11. The minimum atomic E-state index is -0.0942. The number of aryl methyl sites for hydroxylation is 1. The molecule has 3 heterocycles. The molecule has 9 heteroatoms. The van der Waals surface area contributed by atoms with E-state index in [9.17, 15) is 4.79 Å². The summed E-state index contributed by atoms with van der Waals surface area (Å²) >= 11 is 1.91. The molecule has 2 aliphatic rings. The monoisotopic (exact) mass is 427 g/mol. The van der Waals surface area contributed by atoms with Crippen LogP contribution in [0.25, 0.3) is 0 Å². The molecule has 160 valence electrons. The third-order valence-corrected chi connectivity index (χ3v) is 6.60. The van der Waals surface area contributed by atoms with Gasteiger partial charge < -0.3 is 16.0 Å². The molecule has 1 unspecified atom stereocenters. The Hall–Kier alpha value is -2.39. The number of anilines is 3. The van der Waals surface area contributed by atoms with E-state index in [0.717, 1.165) is 56.1 Å². The Labute approximate surface area is 181 Å². The first-order chi connectivity index (χ1) is 14.6. The molecule has 1 atom stereocenters. The predicted molar refractivity (Wildman–Crippen MR) is 121 cm³/mol. The number of aromatic nitrogens is 3. The van der Waals surface area contributed by atoms with Crippen LogP contribution in [0.1, 0.15) is 31.2 Å². The van der Waals surface area contributed by atoms with Crippen LogP contribution in [0.15, 0.2) is 24.3 Å². The number of nitrogens with one attached hydrogen (secondary N) is 1. The highest BCUT2D eigenvalue weighted by Crippen LogP contribution is 2.24. The SMILES string of the molecule is CCc1ccccc1Nc1nc(N)nc(CN2CCCC2C(=O)N2CCSCC2)n1. The number of hydrogen-bond acceptors (Lipinski definition) is 8. The van der Waals surface area contributed by atoms with Gasteiger partial charge in [-0.1, -0.05) is 25.1 Å². The first kappa shape index (κ1) is 20.9.